The van der Waals surface area contributed by atoms with Crippen molar-refractivity contribution in [3.63, 3.8) is 0 Å². The van der Waals surface area contributed by atoms with Crippen LogP contribution in [-0.2, 0) is 0 Å². The van der Waals surface area contributed by atoms with Gasteiger partial charge in [-0.1, -0.05) is 36.7 Å². The van der Waals surface area contributed by atoms with E-state index in [1.807, 2.05) is 23.9 Å². The van der Waals surface area contributed by atoms with Crippen LogP contribution in [0.1, 0.15) is 25.7 Å². The number of rotatable bonds is 3. The topological polar surface area (TPSA) is 54.7 Å². The Labute approximate surface area is 112 Å². The van der Waals surface area contributed by atoms with Gasteiger partial charge in [-0.15, -0.1) is 0 Å². The first-order valence-corrected chi connectivity index (χ1v) is 7.56. The van der Waals surface area contributed by atoms with Crippen molar-refractivity contribution >= 4 is 22.8 Å². The zero-order valence-corrected chi connectivity index (χ0v) is 11.2. The quantitative estimate of drug-likeness (QED) is 0.892. The second-order valence-corrected chi connectivity index (χ2v) is 6.22. The lowest BCUT2D eigenvalue weighted by atomic mass is 9.89. The summed E-state index contributed by atoms with van der Waals surface area (Å²) in [5, 5.41) is 1.67. The van der Waals surface area contributed by atoms with E-state index in [0.717, 1.165) is 22.7 Å². The number of benzene rings is 1. The average Bonchev–Trinajstić information content (AvgIpc) is 2.81. The number of thioether (sulfide) groups is 1. The van der Waals surface area contributed by atoms with Gasteiger partial charge in [0, 0.05) is 5.25 Å². The van der Waals surface area contributed by atoms with Gasteiger partial charge in [-0.3, -0.25) is 0 Å². The fourth-order valence-electron chi connectivity index (χ4n) is 2.73. The lowest BCUT2D eigenvalue weighted by molar-refractivity contribution is 0.378. The van der Waals surface area contributed by atoms with Crippen molar-refractivity contribution in [2.45, 2.75) is 36.1 Å². The number of para-hydroxylation sites is 2. The van der Waals surface area contributed by atoms with Crippen molar-refractivity contribution in [2.75, 3.05) is 6.54 Å². The molecule has 1 saturated carbocycles. The fourth-order valence-corrected chi connectivity index (χ4v) is 4.06. The molecule has 0 spiro atoms. The standard InChI is InChI=1S/C14H19N3S/c15-9-10-5-1-4-8-13(10)18-14-16-11-6-2-3-7-12(11)17-14/h2-3,6-7,10,13H,1,4-5,8-9,15H2,(H,16,17). The van der Waals surface area contributed by atoms with Crippen LogP contribution in [0.5, 0.6) is 0 Å². The van der Waals surface area contributed by atoms with Crippen LogP contribution >= 0.6 is 11.8 Å². The number of hydrogen-bond acceptors (Lipinski definition) is 3. The molecule has 0 amide bonds. The first-order chi connectivity index (χ1) is 8.86. The highest BCUT2D eigenvalue weighted by molar-refractivity contribution is 7.99. The molecule has 4 heteroatoms. The summed E-state index contributed by atoms with van der Waals surface area (Å²) in [6, 6.07) is 8.20. The van der Waals surface area contributed by atoms with Crippen molar-refractivity contribution in [3.05, 3.63) is 24.3 Å². The van der Waals surface area contributed by atoms with Gasteiger partial charge in [0.2, 0.25) is 0 Å². The summed E-state index contributed by atoms with van der Waals surface area (Å²) in [4.78, 5) is 8.04. The minimum atomic E-state index is 0.629. The Hall–Kier alpha value is -1.00. The highest BCUT2D eigenvalue weighted by Crippen LogP contribution is 2.36. The van der Waals surface area contributed by atoms with E-state index in [0.29, 0.717) is 11.2 Å². The molecule has 2 unspecified atom stereocenters. The average molecular weight is 261 g/mol. The number of H-pyrrole nitrogens is 1. The summed E-state index contributed by atoms with van der Waals surface area (Å²) in [5.41, 5.74) is 8.06. The minimum Gasteiger partial charge on any atom is -0.333 e. The molecule has 2 atom stereocenters. The molecule has 0 saturated heterocycles. The van der Waals surface area contributed by atoms with E-state index in [2.05, 4.69) is 22.1 Å². The maximum Gasteiger partial charge on any atom is 0.166 e. The highest BCUT2D eigenvalue weighted by Gasteiger charge is 2.25. The van der Waals surface area contributed by atoms with E-state index in [1.165, 1.54) is 25.7 Å². The molecular weight excluding hydrogens is 242 g/mol. The molecule has 3 N–H and O–H groups in total. The first-order valence-electron chi connectivity index (χ1n) is 6.68. The minimum absolute atomic E-state index is 0.629. The van der Waals surface area contributed by atoms with E-state index < -0.39 is 0 Å². The summed E-state index contributed by atoms with van der Waals surface area (Å²) in [7, 11) is 0. The van der Waals surface area contributed by atoms with Gasteiger partial charge in [0.15, 0.2) is 5.16 Å². The Balaban J connectivity index is 1.78. The molecule has 1 heterocycles. The van der Waals surface area contributed by atoms with E-state index in [-0.39, 0.29) is 0 Å². The molecule has 1 aromatic heterocycles. The Morgan fingerprint density at radius 2 is 2.11 bits per heavy atom. The Morgan fingerprint density at radius 1 is 1.28 bits per heavy atom. The van der Waals surface area contributed by atoms with Crippen molar-refractivity contribution in [1.82, 2.24) is 9.97 Å². The normalized spacial score (nSPS) is 24.5. The van der Waals surface area contributed by atoms with Crippen molar-refractivity contribution in [3.8, 4) is 0 Å². The number of fused-ring (bicyclic) bond motifs is 1. The van der Waals surface area contributed by atoms with E-state index in [4.69, 9.17) is 5.73 Å². The summed E-state index contributed by atoms with van der Waals surface area (Å²) >= 11 is 1.88. The van der Waals surface area contributed by atoms with Crippen LogP contribution in [0.25, 0.3) is 11.0 Å². The second-order valence-electron chi connectivity index (χ2n) is 5.00. The number of imidazole rings is 1. The molecule has 18 heavy (non-hydrogen) atoms. The largest absolute Gasteiger partial charge is 0.333 e. The monoisotopic (exact) mass is 261 g/mol. The summed E-state index contributed by atoms with van der Waals surface area (Å²) in [5.74, 6) is 0.650. The van der Waals surface area contributed by atoms with Gasteiger partial charge in [-0.05, 0) is 37.4 Å². The molecule has 1 fully saturated rings. The van der Waals surface area contributed by atoms with Crippen LogP contribution in [0.3, 0.4) is 0 Å². The number of aromatic nitrogens is 2. The van der Waals surface area contributed by atoms with Crippen molar-refractivity contribution in [2.24, 2.45) is 11.7 Å². The maximum atomic E-state index is 5.88. The number of aromatic amines is 1. The molecule has 1 aromatic carbocycles. The van der Waals surface area contributed by atoms with Gasteiger partial charge < -0.3 is 10.7 Å². The van der Waals surface area contributed by atoms with Gasteiger partial charge >= 0.3 is 0 Å². The SMILES string of the molecule is NCC1CCCCC1Sc1nc2ccccc2[nH]1. The zero-order valence-electron chi connectivity index (χ0n) is 10.4. The van der Waals surface area contributed by atoms with Crippen molar-refractivity contribution in [1.29, 1.82) is 0 Å². The number of nitrogens with two attached hydrogens (primary N) is 1. The summed E-state index contributed by atoms with van der Waals surface area (Å²) in [6.45, 7) is 0.803. The fraction of sp³-hybridized carbons (Fsp3) is 0.500. The molecule has 3 rings (SSSR count). The molecule has 3 nitrogen and oxygen atoms in total. The number of nitrogens with zero attached hydrogens (tertiary/aromatic N) is 1. The van der Waals surface area contributed by atoms with Crippen LogP contribution in [0, 0.1) is 5.92 Å². The molecule has 1 aliphatic carbocycles. The molecule has 0 aliphatic heterocycles. The van der Waals surface area contributed by atoms with Gasteiger partial charge in [0.05, 0.1) is 11.0 Å². The molecule has 0 radical (unpaired) electrons. The Kier molecular flexibility index (Phi) is 3.57. The maximum absolute atomic E-state index is 5.88. The number of hydrogen-bond donors (Lipinski definition) is 2. The van der Waals surface area contributed by atoms with Gasteiger partial charge in [0.25, 0.3) is 0 Å². The molecule has 96 valence electrons. The predicted molar refractivity (Wildman–Crippen MR) is 76.8 cm³/mol. The molecule has 0 bridgehead atoms. The van der Waals surface area contributed by atoms with Crippen LogP contribution in [0.2, 0.25) is 0 Å². The van der Waals surface area contributed by atoms with E-state index in [1.54, 1.807) is 0 Å². The Morgan fingerprint density at radius 3 is 2.94 bits per heavy atom. The third-order valence-corrected chi connectivity index (χ3v) is 5.11. The third-order valence-electron chi connectivity index (χ3n) is 3.77. The lowest BCUT2D eigenvalue weighted by Gasteiger charge is -2.29. The van der Waals surface area contributed by atoms with Crippen LogP contribution in [0.4, 0.5) is 0 Å². The lowest BCUT2D eigenvalue weighted by Crippen LogP contribution is -2.28. The third kappa shape index (κ3) is 2.40. The van der Waals surface area contributed by atoms with Crippen molar-refractivity contribution < 1.29 is 0 Å². The van der Waals surface area contributed by atoms with Crippen LogP contribution < -0.4 is 5.73 Å². The van der Waals surface area contributed by atoms with Gasteiger partial charge in [0.1, 0.15) is 0 Å². The van der Waals surface area contributed by atoms with Gasteiger partial charge in [-0.25, -0.2) is 4.98 Å². The molecule has 2 aromatic rings. The zero-order chi connectivity index (χ0) is 12.4. The predicted octanol–water partition coefficient (Wildman–Crippen LogP) is 3.17. The number of nitrogens with one attached hydrogen (secondary N) is 1. The first kappa shape index (κ1) is 12.1. The summed E-state index contributed by atoms with van der Waals surface area (Å²) in [6.07, 6.45) is 5.20. The Bertz CT molecular complexity index is 489. The van der Waals surface area contributed by atoms with Crippen LogP contribution in [0.15, 0.2) is 29.4 Å². The smallest absolute Gasteiger partial charge is 0.166 e. The second kappa shape index (κ2) is 5.33. The molecular formula is C14H19N3S. The molecule has 1 aliphatic rings. The van der Waals surface area contributed by atoms with Gasteiger partial charge in [-0.2, -0.15) is 0 Å². The van der Waals surface area contributed by atoms with E-state index >= 15 is 0 Å². The highest BCUT2D eigenvalue weighted by atomic mass is 32.2. The van der Waals surface area contributed by atoms with E-state index in [9.17, 15) is 0 Å². The van der Waals surface area contributed by atoms with Crippen LogP contribution in [-0.4, -0.2) is 21.8 Å². The summed E-state index contributed by atoms with van der Waals surface area (Å²) < 4.78 is 0.